The Morgan fingerprint density at radius 3 is 2.56 bits per heavy atom. The Bertz CT molecular complexity index is 587. The zero-order valence-corrected chi connectivity index (χ0v) is 15.6. The number of nitrogens with zero attached hydrogens (tertiary/aromatic N) is 2. The van der Waals surface area contributed by atoms with Crippen LogP contribution in [0.25, 0.3) is 0 Å². The van der Waals surface area contributed by atoms with E-state index in [0.717, 1.165) is 17.7 Å². The summed E-state index contributed by atoms with van der Waals surface area (Å²) in [4.78, 5) is 40.4. The fourth-order valence-electron chi connectivity index (χ4n) is 2.34. The zero-order valence-electron chi connectivity index (χ0n) is 14.8. The fourth-order valence-corrected chi connectivity index (χ4v) is 2.98. The van der Waals surface area contributed by atoms with Crippen molar-refractivity contribution in [2.24, 2.45) is 0 Å². The van der Waals surface area contributed by atoms with Gasteiger partial charge in [-0.25, -0.2) is 0 Å². The van der Waals surface area contributed by atoms with Gasteiger partial charge in [-0.1, -0.05) is 6.07 Å². The number of carbonyl (C=O) groups excluding carboxylic acids is 3. The van der Waals surface area contributed by atoms with Gasteiger partial charge in [-0.2, -0.15) is 0 Å². The minimum absolute atomic E-state index is 0.0306. The second-order valence-electron chi connectivity index (χ2n) is 6.28. The van der Waals surface area contributed by atoms with Gasteiger partial charge < -0.3 is 15.5 Å². The third-order valence-corrected chi connectivity index (χ3v) is 4.75. The zero-order chi connectivity index (χ0) is 18.2. The number of likely N-dealkylation sites (N-methyl/N-ethyl adjacent to an activating group) is 2. The Balaban J connectivity index is 1.70. The van der Waals surface area contributed by atoms with Crippen molar-refractivity contribution in [1.82, 2.24) is 20.4 Å². The second-order valence-corrected chi connectivity index (χ2v) is 7.31. The highest BCUT2D eigenvalue weighted by molar-refractivity contribution is 7.09. The molecular formula is C17H26N4O3S. The lowest BCUT2D eigenvalue weighted by atomic mass is 10.3. The molecule has 8 heteroatoms. The predicted octanol–water partition coefficient (Wildman–Crippen LogP) is 0.423. The number of thiophene rings is 1. The van der Waals surface area contributed by atoms with E-state index in [2.05, 4.69) is 10.6 Å². The molecule has 0 saturated heterocycles. The average molecular weight is 366 g/mol. The molecule has 25 heavy (non-hydrogen) atoms. The lowest BCUT2D eigenvalue weighted by Crippen LogP contribution is -2.46. The van der Waals surface area contributed by atoms with E-state index in [-0.39, 0.29) is 37.4 Å². The number of rotatable bonds is 10. The Morgan fingerprint density at radius 1 is 1.20 bits per heavy atom. The second kappa shape index (κ2) is 9.53. The largest absolute Gasteiger partial charge is 0.352 e. The van der Waals surface area contributed by atoms with Crippen molar-refractivity contribution in [1.29, 1.82) is 0 Å². The third-order valence-electron chi connectivity index (χ3n) is 3.87. The van der Waals surface area contributed by atoms with E-state index in [1.165, 1.54) is 4.90 Å². The van der Waals surface area contributed by atoms with Crippen LogP contribution in [0.4, 0.5) is 0 Å². The maximum absolute atomic E-state index is 12.3. The fraction of sp³-hybridized carbons (Fsp3) is 0.588. The molecule has 0 aromatic carbocycles. The topological polar surface area (TPSA) is 81.8 Å². The first-order chi connectivity index (χ1) is 12.0. The molecule has 0 unspecified atom stereocenters. The minimum Gasteiger partial charge on any atom is -0.352 e. The molecule has 7 nitrogen and oxygen atoms in total. The quantitative estimate of drug-likeness (QED) is 0.629. The van der Waals surface area contributed by atoms with E-state index >= 15 is 0 Å². The van der Waals surface area contributed by atoms with Crippen LogP contribution in [0, 0.1) is 0 Å². The van der Waals surface area contributed by atoms with Crippen molar-refractivity contribution < 1.29 is 14.4 Å². The van der Waals surface area contributed by atoms with Crippen molar-refractivity contribution in [3.05, 3.63) is 22.4 Å². The normalized spacial score (nSPS) is 13.6. The number of hydrogen-bond acceptors (Lipinski definition) is 5. The van der Waals surface area contributed by atoms with Gasteiger partial charge in [0.05, 0.1) is 26.2 Å². The molecular weight excluding hydrogens is 340 g/mol. The summed E-state index contributed by atoms with van der Waals surface area (Å²) in [6, 6.07) is 4.20. The molecule has 1 heterocycles. The van der Waals surface area contributed by atoms with Crippen molar-refractivity contribution in [3.8, 4) is 0 Å². The van der Waals surface area contributed by atoms with Gasteiger partial charge in [-0.3, -0.25) is 19.3 Å². The molecule has 1 aliphatic carbocycles. The summed E-state index contributed by atoms with van der Waals surface area (Å²) in [6.07, 6.45) is 2.08. The van der Waals surface area contributed by atoms with E-state index in [9.17, 15) is 14.4 Å². The van der Waals surface area contributed by atoms with Gasteiger partial charge in [-0.15, -0.1) is 11.3 Å². The maximum Gasteiger partial charge on any atom is 0.239 e. The van der Waals surface area contributed by atoms with Gasteiger partial charge >= 0.3 is 0 Å². The highest BCUT2D eigenvalue weighted by Gasteiger charge is 2.24. The predicted molar refractivity (Wildman–Crippen MR) is 97.1 cm³/mol. The Hall–Kier alpha value is -1.93. The summed E-state index contributed by atoms with van der Waals surface area (Å²) in [5.74, 6) is -0.400. The van der Waals surface area contributed by atoms with Gasteiger partial charge in [0.25, 0.3) is 0 Å². The molecule has 1 aromatic heterocycles. The summed E-state index contributed by atoms with van der Waals surface area (Å²) in [6.45, 7) is 3.10. The average Bonchev–Trinajstić information content (AvgIpc) is 3.21. The van der Waals surface area contributed by atoms with Gasteiger partial charge in [0.2, 0.25) is 17.7 Å². The van der Waals surface area contributed by atoms with E-state index < -0.39 is 0 Å². The van der Waals surface area contributed by atoms with Crippen LogP contribution in [0.15, 0.2) is 17.5 Å². The number of nitrogens with one attached hydrogen (secondary N) is 2. The van der Waals surface area contributed by atoms with Crippen molar-refractivity contribution in [2.75, 3.05) is 33.2 Å². The van der Waals surface area contributed by atoms with E-state index in [4.69, 9.17) is 0 Å². The summed E-state index contributed by atoms with van der Waals surface area (Å²) >= 11 is 1.58. The first kappa shape index (κ1) is 19.4. The molecule has 1 aromatic rings. The summed E-state index contributed by atoms with van der Waals surface area (Å²) in [5, 5.41) is 7.67. The minimum atomic E-state index is -0.183. The van der Waals surface area contributed by atoms with E-state index in [1.807, 2.05) is 24.4 Å². The first-order valence-electron chi connectivity index (χ1n) is 8.52. The maximum atomic E-state index is 12.3. The summed E-state index contributed by atoms with van der Waals surface area (Å²) in [7, 11) is 1.73. The number of hydrogen-bond donors (Lipinski definition) is 2. The standard InChI is InChI=1S/C17H26N4O3S/c1-3-21(11-15(22)18-9-14-5-4-8-25-14)17(24)12-20(2)10-16(23)19-13-6-7-13/h4-5,8,13H,3,6-7,9-12H2,1-2H3,(H,18,22)(H,19,23). The van der Waals surface area contributed by atoms with E-state index in [1.54, 1.807) is 23.3 Å². The molecule has 1 saturated carbocycles. The SMILES string of the molecule is CCN(CC(=O)NCc1cccs1)C(=O)CN(C)CC(=O)NC1CC1. The molecule has 3 amide bonds. The summed E-state index contributed by atoms with van der Waals surface area (Å²) < 4.78 is 0. The molecule has 0 radical (unpaired) electrons. The molecule has 138 valence electrons. The van der Waals surface area contributed by atoms with Crippen LogP contribution in [-0.2, 0) is 20.9 Å². The highest BCUT2D eigenvalue weighted by Crippen LogP contribution is 2.18. The van der Waals surface area contributed by atoms with Gasteiger partial charge in [0.15, 0.2) is 0 Å². The van der Waals surface area contributed by atoms with Crippen LogP contribution in [0.1, 0.15) is 24.6 Å². The van der Waals surface area contributed by atoms with Crippen LogP contribution < -0.4 is 10.6 Å². The van der Waals surface area contributed by atoms with Crippen LogP contribution in [0.5, 0.6) is 0 Å². The van der Waals surface area contributed by atoms with Gasteiger partial charge in [0.1, 0.15) is 0 Å². The molecule has 0 aliphatic heterocycles. The van der Waals surface area contributed by atoms with E-state index in [0.29, 0.717) is 19.1 Å². The first-order valence-corrected chi connectivity index (χ1v) is 9.40. The van der Waals surface area contributed by atoms with Crippen molar-refractivity contribution in [2.45, 2.75) is 32.4 Å². The Kier molecular flexibility index (Phi) is 7.39. The van der Waals surface area contributed by atoms with Gasteiger partial charge in [0, 0.05) is 17.5 Å². The van der Waals surface area contributed by atoms with Gasteiger partial charge in [-0.05, 0) is 38.3 Å². The Morgan fingerprint density at radius 2 is 1.96 bits per heavy atom. The van der Waals surface area contributed by atoms with Crippen LogP contribution in [0.3, 0.4) is 0 Å². The summed E-state index contributed by atoms with van der Waals surface area (Å²) in [5.41, 5.74) is 0. The molecule has 2 rings (SSSR count). The van der Waals surface area contributed by atoms with Crippen LogP contribution in [-0.4, -0.2) is 66.8 Å². The number of carbonyl (C=O) groups is 3. The molecule has 1 fully saturated rings. The highest BCUT2D eigenvalue weighted by atomic mass is 32.1. The smallest absolute Gasteiger partial charge is 0.239 e. The number of amides is 3. The lowest BCUT2D eigenvalue weighted by Gasteiger charge is -2.23. The van der Waals surface area contributed by atoms with Crippen LogP contribution >= 0.6 is 11.3 Å². The monoisotopic (exact) mass is 366 g/mol. The van der Waals surface area contributed by atoms with Crippen LogP contribution in [0.2, 0.25) is 0 Å². The van der Waals surface area contributed by atoms with Crippen molar-refractivity contribution in [3.63, 3.8) is 0 Å². The Labute approximate surface area is 152 Å². The molecule has 0 spiro atoms. The molecule has 0 bridgehead atoms. The van der Waals surface area contributed by atoms with Crippen molar-refractivity contribution >= 4 is 29.1 Å². The third kappa shape index (κ3) is 7.23. The molecule has 0 atom stereocenters. The lowest BCUT2D eigenvalue weighted by molar-refractivity contribution is -0.137. The molecule has 2 N–H and O–H groups in total. The molecule has 1 aliphatic rings.